The third-order valence-corrected chi connectivity index (χ3v) is 7.26. The summed E-state index contributed by atoms with van der Waals surface area (Å²) in [6, 6.07) is 6.58. The molecular weight excluding hydrogens is 380 g/mol. The molecular formula is C19H26N4O4S. The summed E-state index contributed by atoms with van der Waals surface area (Å²) < 4.78 is 30.0. The molecule has 9 heteroatoms. The zero-order valence-corrected chi connectivity index (χ0v) is 17.3. The molecule has 1 fully saturated rings. The molecule has 1 aliphatic rings. The van der Waals surface area contributed by atoms with E-state index < -0.39 is 15.7 Å². The monoisotopic (exact) mass is 406 g/mol. The van der Waals surface area contributed by atoms with Crippen LogP contribution in [-0.2, 0) is 30.7 Å². The Morgan fingerprint density at radius 3 is 2.36 bits per heavy atom. The van der Waals surface area contributed by atoms with E-state index in [1.54, 1.807) is 36.5 Å². The molecule has 2 heterocycles. The van der Waals surface area contributed by atoms with Crippen LogP contribution in [0.5, 0.6) is 0 Å². The van der Waals surface area contributed by atoms with E-state index in [1.807, 2.05) is 0 Å². The highest BCUT2D eigenvalue weighted by atomic mass is 32.2. The van der Waals surface area contributed by atoms with Gasteiger partial charge in [-0.15, -0.1) is 0 Å². The smallest absolute Gasteiger partial charge is 0.330 e. The van der Waals surface area contributed by atoms with Gasteiger partial charge in [0.15, 0.2) is 0 Å². The fraction of sp³-hybridized carbons (Fsp3) is 0.474. The number of aromatic nitrogens is 2. The minimum Gasteiger partial charge on any atom is -0.379 e. The molecule has 1 saturated heterocycles. The number of piperidine rings is 1. The molecule has 8 nitrogen and oxygen atoms in total. The molecule has 0 radical (unpaired) electrons. The molecule has 28 heavy (non-hydrogen) atoms. The van der Waals surface area contributed by atoms with Crippen LogP contribution in [0.1, 0.15) is 30.5 Å². The number of sulfonamides is 1. The molecule has 0 aliphatic carbocycles. The second kappa shape index (κ2) is 7.92. The van der Waals surface area contributed by atoms with Gasteiger partial charge in [-0.25, -0.2) is 13.2 Å². The van der Waals surface area contributed by atoms with Crippen molar-refractivity contribution >= 4 is 15.7 Å². The van der Waals surface area contributed by atoms with Gasteiger partial charge in [0, 0.05) is 44.6 Å². The van der Waals surface area contributed by atoms with Crippen molar-refractivity contribution in [1.29, 1.82) is 0 Å². The zero-order chi connectivity index (χ0) is 20.5. The van der Waals surface area contributed by atoms with Crippen LogP contribution in [0.25, 0.3) is 0 Å². The molecule has 0 spiro atoms. The maximum atomic E-state index is 13.0. The van der Waals surface area contributed by atoms with Crippen molar-refractivity contribution in [3.8, 4) is 0 Å². The summed E-state index contributed by atoms with van der Waals surface area (Å²) in [7, 11) is -0.513. The number of aryl methyl sites for hydroxylation is 1. The average Bonchev–Trinajstić information content (AvgIpc) is 2.69. The van der Waals surface area contributed by atoms with Crippen LogP contribution >= 0.6 is 0 Å². The first-order valence-corrected chi connectivity index (χ1v) is 10.8. The van der Waals surface area contributed by atoms with Crippen molar-refractivity contribution in [2.45, 2.75) is 37.6 Å². The molecule has 0 amide bonds. The normalized spacial score (nSPS) is 15.5. The van der Waals surface area contributed by atoms with Gasteiger partial charge in [0.2, 0.25) is 10.0 Å². The Morgan fingerprint density at radius 2 is 1.68 bits per heavy atom. The topological polar surface area (TPSA) is 93.4 Å². The lowest BCUT2D eigenvalue weighted by Crippen LogP contribution is -2.38. The van der Waals surface area contributed by atoms with E-state index in [0.717, 1.165) is 23.8 Å². The number of anilines is 1. The first-order chi connectivity index (χ1) is 13.2. The molecule has 1 aliphatic heterocycles. The van der Waals surface area contributed by atoms with Gasteiger partial charge in [0.05, 0.1) is 11.4 Å². The van der Waals surface area contributed by atoms with Crippen molar-refractivity contribution in [3.63, 3.8) is 0 Å². The standard InChI is InChI=1S/C19H26N4O4S/c1-14-7-8-15(11-17(14)28(26,27)23-9-5-4-6-10-23)20-13-16-12-18(24)22(3)19(25)21(16)2/h7-8,11-12,20H,4-6,9-10,13H2,1-3H3. The third-order valence-electron chi connectivity index (χ3n) is 5.22. The predicted octanol–water partition coefficient (Wildman–Crippen LogP) is 1.18. The number of rotatable bonds is 5. The average molecular weight is 407 g/mol. The lowest BCUT2D eigenvalue weighted by atomic mass is 10.2. The van der Waals surface area contributed by atoms with Gasteiger partial charge in [-0.2, -0.15) is 4.31 Å². The largest absolute Gasteiger partial charge is 0.379 e. The van der Waals surface area contributed by atoms with Crippen LogP contribution in [0.4, 0.5) is 5.69 Å². The molecule has 3 rings (SSSR count). The summed E-state index contributed by atoms with van der Waals surface area (Å²) in [5.41, 5.74) is 1.05. The van der Waals surface area contributed by atoms with Crippen LogP contribution in [0.2, 0.25) is 0 Å². The molecule has 2 aromatic rings. The summed E-state index contributed by atoms with van der Waals surface area (Å²) in [5.74, 6) is 0. The highest BCUT2D eigenvalue weighted by molar-refractivity contribution is 7.89. The number of hydrogen-bond acceptors (Lipinski definition) is 5. The minimum absolute atomic E-state index is 0.230. The lowest BCUT2D eigenvalue weighted by molar-refractivity contribution is 0.346. The van der Waals surface area contributed by atoms with E-state index in [2.05, 4.69) is 5.32 Å². The Morgan fingerprint density at radius 1 is 1.00 bits per heavy atom. The van der Waals surface area contributed by atoms with Gasteiger partial charge >= 0.3 is 5.69 Å². The zero-order valence-electron chi connectivity index (χ0n) is 16.4. The quantitative estimate of drug-likeness (QED) is 0.805. The second-order valence-electron chi connectivity index (χ2n) is 7.17. The molecule has 0 unspecified atom stereocenters. The Bertz CT molecular complexity index is 1100. The van der Waals surface area contributed by atoms with Crippen LogP contribution in [0.15, 0.2) is 38.8 Å². The molecule has 152 valence electrons. The molecule has 1 N–H and O–H groups in total. The van der Waals surface area contributed by atoms with Gasteiger partial charge in [-0.05, 0) is 37.5 Å². The van der Waals surface area contributed by atoms with Gasteiger partial charge < -0.3 is 5.32 Å². The van der Waals surface area contributed by atoms with Gasteiger partial charge in [-0.3, -0.25) is 13.9 Å². The van der Waals surface area contributed by atoms with E-state index >= 15 is 0 Å². The fourth-order valence-corrected chi connectivity index (χ4v) is 5.14. The van der Waals surface area contributed by atoms with Crippen molar-refractivity contribution in [3.05, 3.63) is 56.4 Å². The van der Waals surface area contributed by atoms with Crippen LogP contribution in [0, 0.1) is 6.92 Å². The molecule has 0 saturated carbocycles. The maximum Gasteiger partial charge on any atom is 0.330 e. The Labute approximate surface area is 164 Å². The maximum absolute atomic E-state index is 13.0. The molecule has 1 aromatic heterocycles. The Hall–Kier alpha value is -2.39. The van der Waals surface area contributed by atoms with Crippen molar-refractivity contribution in [1.82, 2.24) is 13.4 Å². The summed E-state index contributed by atoms with van der Waals surface area (Å²) >= 11 is 0. The van der Waals surface area contributed by atoms with Gasteiger partial charge in [-0.1, -0.05) is 12.5 Å². The number of nitrogens with zero attached hydrogens (tertiary/aromatic N) is 3. The lowest BCUT2D eigenvalue weighted by Gasteiger charge is -2.26. The highest BCUT2D eigenvalue weighted by Crippen LogP contribution is 2.26. The minimum atomic E-state index is -3.54. The van der Waals surface area contributed by atoms with E-state index in [9.17, 15) is 18.0 Å². The summed E-state index contributed by atoms with van der Waals surface area (Å²) in [5, 5.41) is 3.13. The summed E-state index contributed by atoms with van der Waals surface area (Å²) in [6.45, 7) is 3.11. The van der Waals surface area contributed by atoms with Crippen molar-refractivity contribution in [2.24, 2.45) is 14.1 Å². The fourth-order valence-electron chi connectivity index (χ4n) is 3.37. The number of hydrogen-bond donors (Lipinski definition) is 1. The second-order valence-corrected chi connectivity index (χ2v) is 9.08. The van der Waals surface area contributed by atoms with E-state index in [4.69, 9.17) is 0 Å². The van der Waals surface area contributed by atoms with E-state index in [0.29, 0.717) is 30.0 Å². The SMILES string of the molecule is Cc1ccc(NCc2cc(=O)n(C)c(=O)n2C)cc1S(=O)(=O)N1CCCCC1. The Kier molecular flexibility index (Phi) is 5.76. The molecule has 1 aromatic carbocycles. The van der Waals surface area contributed by atoms with Gasteiger partial charge in [0.25, 0.3) is 5.56 Å². The van der Waals surface area contributed by atoms with Crippen molar-refractivity contribution < 1.29 is 8.42 Å². The number of nitrogens with one attached hydrogen (secondary N) is 1. The molecule has 0 bridgehead atoms. The van der Waals surface area contributed by atoms with Gasteiger partial charge in [0.1, 0.15) is 0 Å². The van der Waals surface area contributed by atoms with E-state index in [1.165, 1.54) is 17.7 Å². The first kappa shape index (κ1) is 20.3. The predicted molar refractivity (Wildman–Crippen MR) is 108 cm³/mol. The van der Waals surface area contributed by atoms with Crippen LogP contribution in [-0.4, -0.2) is 34.9 Å². The third kappa shape index (κ3) is 3.90. The number of benzene rings is 1. The first-order valence-electron chi connectivity index (χ1n) is 9.32. The molecule has 0 atom stereocenters. The highest BCUT2D eigenvalue weighted by Gasteiger charge is 2.27. The van der Waals surface area contributed by atoms with Crippen molar-refractivity contribution in [2.75, 3.05) is 18.4 Å². The van der Waals surface area contributed by atoms with E-state index in [-0.39, 0.29) is 17.0 Å². The van der Waals surface area contributed by atoms with Crippen LogP contribution < -0.4 is 16.6 Å². The Balaban J connectivity index is 1.86. The summed E-state index contributed by atoms with van der Waals surface area (Å²) in [6.07, 6.45) is 2.82. The van der Waals surface area contributed by atoms with Crippen LogP contribution in [0.3, 0.4) is 0 Å². The summed E-state index contributed by atoms with van der Waals surface area (Å²) in [4.78, 5) is 24.2.